The second kappa shape index (κ2) is 25.9. The van der Waals surface area contributed by atoms with Crippen molar-refractivity contribution < 1.29 is 143 Å². The van der Waals surface area contributed by atoms with Gasteiger partial charge in [0.2, 0.25) is 17.7 Å². The van der Waals surface area contributed by atoms with Crippen LogP contribution in [0.1, 0.15) is 34.6 Å². The molecule has 18 N–H and O–H groups in total. The fourth-order valence-corrected chi connectivity index (χ4v) is 9.51. The summed E-state index contributed by atoms with van der Waals surface area (Å²) in [5, 5.41) is 170. The number of ether oxygens (including phenoxy) is 11. The molecule has 32 heteroatoms. The van der Waals surface area contributed by atoms with Crippen LogP contribution < -0.4 is 16.0 Å². The number of carbonyl (C=O) groups is 3. The Labute approximate surface area is 421 Å². The van der Waals surface area contributed by atoms with E-state index in [1.807, 2.05) is 0 Å². The van der Waals surface area contributed by atoms with Crippen molar-refractivity contribution in [3.63, 3.8) is 0 Å². The van der Waals surface area contributed by atoms with Gasteiger partial charge in [0.05, 0.1) is 38.6 Å². The number of hydrogen-bond acceptors (Lipinski definition) is 29. The maximum Gasteiger partial charge on any atom is 0.217 e. The molecule has 0 saturated carbocycles. The van der Waals surface area contributed by atoms with Crippen molar-refractivity contribution in [2.24, 2.45) is 0 Å². The van der Waals surface area contributed by atoms with E-state index in [1.54, 1.807) is 0 Å². The van der Waals surface area contributed by atoms with E-state index in [0.29, 0.717) is 0 Å². The molecule has 0 aromatic heterocycles. The Morgan fingerprint density at radius 1 is 0.378 bits per heavy atom. The van der Waals surface area contributed by atoms with Gasteiger partial charge in [-0.15, -0.1) is 0 Å². The van der Waals surface area contributed by atoms with E-state index in [2.05, 4.69) is 16.0 Å². The van der Waals surface area contributed by atoms with Crippen LogP contribution >= 0.6 is 0 Å². The van der Waals surface area contributed by atoms with Gasteiger partial charge in [0.1, 0.15) is 134 Å². The van der Waals surface area contributed by atoms with Gasteiger partial charge in [-0.2, -0.15) is 0 Å². The van der Waals surface area contributed by atoms with E-state index >= 15 is 0 Å². The summed E-state index contributed by atoms with van der Waals surface area (Å²) in [5.74, 6) is -2.33. The number of carbonyl (C=O) groups excluding carboxylic acids is 3. The molecule has 0 radical (unpaired) electrons. The lowest BCUT2D eigenvalue weighted by Gasteiger charge is -2.50. The number of rotatable bonds is 17. The maximum absolute atomic E-state index is 12.5. The molecule has 32 nitrogen and oxygen atoms in total. The highest BCUT2D eigenvalue weighted by Gasteiger charge is 2.57. The zero-order valence-corrected chi connectivity index (χ0v) is 40.6. The van der Waals surface area contributed by atoms with Gasteiger partial charge in [0.15, 0.2) is 37.7 Å². The van der Waals surface area contributed by atoms with E-state index in [0.717, 1.165) is 20.8 Å². The molecule has 6 rings (SSSR count). The van der Waals surface area contributed by atoms with E-state index in [4.69, 9.17) is 52.1 Å². The number of aliphatic hydroxyl groups is 15. The topological polar surface area (TPSA) is 492 Å². The molecular weight excluding hydrogens is 1010 g/mol. The van der Waals surface area contributed by atoms with E-state index < -0.39 is 228 Å². The fourth-order valence-electron chi connectivity index (χ4n) is 9.51. The normalized spacial score (nSPS) is 49.1. The summed E-state index contributed by atoms with van der Waals surface area (Å²) in [5.41, 5.74) is 0. The Morgan fingerprint density at radius 3 is 1.22 bits per heavy atom. The lowest BCUT2D eigenvalue weighted by molar-refractivity contribution is -0.376. The van der Waals surface area contributed by atoms with Gasteiger partial charge in [-0.25, -0.2) is 0 Å². The van der Waals surface area contributed by atoms with Gasteiger partial charge >= 0.3 is 0 Å². The Bertz CT molecular complexity index is 1830. The SMILES string of the molecule is CC(=O)N[C@@H]1[C@@H](O[C@@H]2O[C@H](CO)[C@H](O)[C@H](O[C@@H]3O[C@H](CO)[C@@H](O[C@@H]4O[C@@H](C)[C@@H](O)[C@@H](O)[C@@H]4O)[C@H](O)[C@H]3NC(C)=O)[C@H]2O)[C@@H](O)[C@@H](CO[C@@H]2O[C@H](CO)[C@@H](O[C@@H]3O[C@@H](C)[C@@H](O)[C@@H](O)[C@@H]3O)[C@H](O)[C@H]2NC(C)=O)O[C@@H]1O. The fraction of sp³-hybridized carbons (Fsp3) is 0.929. The van der Waals surface area contributed by atoms with Crippen LogP contribution in [0.3, 0.4) is 0 Å². The van der Waals surface area contributed by atoms with Crippen LogP contribution in [0.25, 0.3) is 0 Å². The molecule has 0 unspecified atom stereocenters. The maximum atomic E-state index is 12.5. The van der Waals surface area contributed by atoms with Gasteiger partial charge in [0.25, 0.3) is 0 Å². The minimum absolute atomic E-state index is 0.739. The van der Waals surface area contributed by atoms with Crippen LogP contribution in [0.15, 0.2) is 0 Å². The highest BCUT2D eigenvalue weighted by Crippen LogP contribution is 2.36. The average Bonchev–Trinajstić information content (AvgIpc) is 3.34. The Morgan fingerprint density at radius 2 is 0.757 bits per heavy atom. The van der Waals surface area contributed by atoms with Gasteiger partial charge in [0, 0.05) is 20.8 Å². The molecule has 0 aromatic rings. The summed E-state index contributed by atoms with van der Waals surface area (Å²) in [6, 6.07) is -4.93. The number of aliphatic hydroxyl groups excluding tert-OH is 15. The second-order valence-electron chi connectivity index (χ2n) is 19.0. The first-order chi connectivity index (χ1) is 34.8. The van der Waals surface area contributed by atoms with Crippen molar-refractivity contribution in [3.05, 3.63) is 0 Å². The molecule has 0 aliphatic carbocycles. The molecule has 6 aliphatic rings. The van der Waals surface area contributed by atoms with Crippen molar-refractivity contribution in [2.75, 3.05) is 26.4 Å². The highest BCUT2D eigenvalue weighted by molar-refractivity contribution is 5.74. The highest BCUT2D eigenvalue weighted by atomic mass is 16.8. The number of hydrogen-bond donors (Lipinski definition) is 18. The van der Waals surface area contributed by atoms with Crippen LogP contribution in [-0.2, 0) is 66.5 Å². The summed E-state index contributed by atoms with van der Waals surface area (Å²) >= 11 is 0. The Balaban J connectivity index is 1.19. The van der Waals surface area contributed by atoms with Crippen LogP contribution in [0.4, 0.5) is 0 Å². The van der Waals surface area contributed by atoms with Crippen LogP contribution in [-0.4, -0.2) is 305 Å². The van der Waals surface area contributed by atoms with Crippen molar-refractivity contribution in [1.29, 1.82) is 0 Å². The van der Waals surface area contributed by atoms with Gasteiger partial charge in [-0.05, 0) is 13.8 Å². The van der Waals surface area contributed by atoms with Gasteiger partial charge < -0.3 is 145 Å². The van der Waals surface area contributed by atoms with E-state index in [9.17, 15) is 91.0 Å². The molecule has 0 spiro atoms. The Kier molecular flexibility index (Phi) is 21.2. The quantitative estimate of drug-likeness (QED) is 0.0643. The lowest BCUT2D eigenvalue weighted by Crippen LogP contribution is -2.70. The number of amides is 3. The molecule has 6 heterocycles. The lowest BCUT2D eigenvalue weighted by atomic mass is 9.94. The third-order valence-electron chi connectivity index (χ3n) is 13.5. The first-order valence-electron chi connectivity index (χ1n) is 23.8. The third kappa shape index (κ3) is 13.3. The zero-order valence-electron chi connectivity index (χ0n) is 40.6. The summed E-state index contributed by atoms with van der Waals surface area (Å²) < 4.78 is 63.3. The number of nitrogens with one attached hydrogen (secondary N) is 3. The first-order valence-corrected chi connectivity index (χ1v) is 23.8. The largest absolute Gasteiger partial charge is 0.394 e. The molecule has 6 aliphatic heterocycles. The van der Waals surface area contributed by atoms with Gasteiger partial charge in [-0.3, -0.25) is 14.4 Å². The molecule has 3 amide bonds. The van der Waals surface area contributed by atoms with Crippen LogP contribution in [0.5, 0.6) is 0 Å². The van der Waals surface area contributed by atoms with Crippen molar-refractivity contribution >= 4 is 17.7 Å². The van der Waals surface area contributed by atoms with Crippen molar-refractivity contribution in [2.45, 2.75) is 219 Å². The third-order valence-corrected chi connectivity index (χ3v) is 13.5. The van der Waals surface area contributed by atoms with Crippen LogP contribution in [0, 0.1) is 0 Å². The van der Waals surface area contributed by atoms with Crippen molar-refractivity contribution in [3.8, 4) is 0 Å². The molecule has 6 fully saturated rings. The molecule has 0 bridgehead atoms. The molecule has 30 atom stereocenters. The monoisotopic (exact) mass is 1080 g/mol. The first kappa shape index (κ1) is 60.6. The second-order valence-corrected chi connectivity index (χ2v) is 19.0. The summed E-state index contributed by atoms with van der Waals surface area (Å²) in [6.07, 6.45) is -47.1. The van der Waals surface area contributed by atoms with E-state index in [1.165, 1.54) is 13.8 Å². The smallest absolute Gasteiger partial charge is 0.217 e. The molecule has 74 heavy (non-hydrogen) atoms. The van der Waals surface area contributed by atoms with Gasteiger partial charge in [-0.1, -0.05) is 0 Å². The molecule has 428 valence electrons. The predicted octanol–water partition coefficient (Wildman–Crippen LogP) is -11.6. The minimum Gasteiger partial charge on any atom is -0.394 e. The summed E-state index contributed by atoms with van der Waals surface area (Å²) in [7, 11) is 0. The molecule has 0 aromatic carbocycles. The molecule has 6 saturated heterocycles. The average molecular weight is 1080 g/mol. The minimum atomic E-state index is -2.19. The summed E-state index contributed by atoms with van der Waals surface area (Å²) in [4.78, 5) is 37.3. The van der Waals surface area contributed by atoms with Crippen LogP contribution in [0.2, 0.25) is 0 Å². The molecular formula is C42H71N3O29. The standard InChI is InChI=1S/C42H71N3O29/c1-10-22(52)28(58)30(60)40(65-10)71-33-16(7-47)69-38(19(26(33)56)43-12(3)49)64-9-18-25(55)35(21(37(63)67-18)45-14(5)51)73-42-32(62)36(24(54)15(6-46)68-42)74-39-20(44-13(4)50)27(57)34(17(8-48)70-39)72-41-31(61)29(59)23(53)11(2)66-41/h10-11,15-42,46-48,52-63H,6-9H2,1-5H3,(H,43,49)(H,44,50)(H,45,51)/t10-,11-,15+,16+,17+,18+,19+,20+,21+,22+,23+,24-,25-,26+,27+,28+,29+,30-,31-,32+,33+,34+,35+,36-,37-,38+,39-,40-,41-,42-/m0/s1. The Hall–Kier alpha value is -2.63. The predicted molar refractivity (Wildman–Crippen MR) is 231 cm³/mol. The van der Waals surface area contributed by atoms with E-state index in [-0.39, 0.29) is 0 Å². The summed E-state index contributed by atoms with van der Waals surface area (Å²) in [6.45, 7) is 2.24. The zero-order chi connectivity index (χ0) is 54.8. The van der Waals surface area contributed by atoms with Crippen molar-refractivity contribution in [1.82, 2.24) is 16.0 Å².